The molecule has 3 amide bonds. The zero-order chi connectivity index (χ0) is 73.2. The number of carbonyl (C=O) groups is 3. The number of carbonyl (C=O) groups excluding carboxylic acids is 3. The minimum absolute atomic E-state index is 0.0145. The number of nitrogens with zero attached hydrogens (tertiary/aromatic N) is 18. The van der Waals surface area contributed by atoms with Gasteiger partial charge < -0.3 is 46.1 Å². The normalized spacial score (nSPS) is 15.5. The van der Waals surface area contributed by atoms with E-state index in [9.17, 15) is 36.3 Å². The molecule has 0 unspecified atom stereocenters. The molecule has 3 fully saturated rings. The van der Waals surface area contributed by atoms with Crippen LogP contribution in [0.4, 0.5) is 52.6 Å². The number of nitrogen functional groups attached to an aromatic ring is 3. The van der Waals surface area contributed by atoms with Crippen molar-refractivity contribution in [1.82, 2.24) is 88.9 Å². The molecule has 0 aliphatic carbocycles. The number of hydrogen-bond donors (Lipinski definition) is 3. The van der Waals surface area contributed by atoms with E-state index >= 15 is 13.2 Å². The predicted molar refractivity (Wildman–Crippen MR) is 359 cm³/mol. The maximum absolute atomic E-state index is 15.1. The third kappa shape index (κ3) is 13.6. The molecule has 3 saturated heterocycles. The van der Waals surface area contributed by atoms with E-state index in [1.807, 2.05) is 0 Å². The van der Waals surface area contributed by atoms with Crippen molar-refractivity contribution in [3.8, 4) is 68.7 Å². The standard InChI is InChI=1S/2C23H18F3N7O2.C23H19F2N7O2/c1-2-17(34)32-9-8-12(10-32)33-23-18(22(27)28-11-29-23)20(31-33)13-6-7-16(30-21(13)26)35-15-5-3-4-14(24)19(15)25;1-2-17(34)32-9-8-12(10-32)33-23-18(22(27)28-11-29-23)19(31-33)13-6-7-16(30-21(13)26)35-20-14(24)4-3-5-15(20)25;1-2-18(33)31-10-9-13(11-31)32-23-19(22(26)27-12-28-23)20(30-32)14-7-8-17(29-21(14)25)34-16-6-4-3-5-15(16)24/h2*2-7,11-12H,1,8-10H2,(H2,27,28,29);2-8,12-13H,1,9-11H2,(H2,26,27,28)/t2*12-;13-/m111/s1. The Bertz CT molecular complexity index is 5390. The van der Waals surface area contributed by atoms with Crippen LogP contribution in [0.5, 0.6) is 34.9 Å². The Morgan fingerprint density at radius 3 is 1.12 bits per heavy atom. The van der Waals surface area contributed by atoms with Gasteiger partial charge in [-0.05, 0) is 92.1 Å². The minimum atomic E-state index is -1.21. The van der Waals surface area contributed by atoms with E-state index in [0.29, 0.717) is 91.6 Å². The number of nitrogens with two attached hydrogens (primary N) is 3. The van der Waals surface area contributed by atoms with Gasteiger partial charge >= 0.3 is 0 Å². The van der Waals surface area contributed by atoms with Crippen LogP contribution in [0.1, 0.15) is 37.4 Å². The first kappa shape index (κ1) is 69.1. The highest BCUT2D eigenvalue weighted by atomic mass is 19.2. The Kier molecular flexibility index (Phi) is 19.3. The van der Waals surface area contributed by atoms with E-state index in [1.165, 1.54) is 110 Å². The number of aromatic nitrogens is 15. The highest BCUT2D eigenvalue weighted by molar-refractivity contribution is 6.00. The number of pyridine rings is 3. The van der Waals surface area contributed by atoms with Gasteiger partial charge in [-0.3, -0.25) is 14.4 Å². The van der Waals surface area contributed by atoms with Gasteiger partial charge in [-0.25, -0.2) is 61.5 Å². The molecule has 15 rings (SSSR count). The number of rotatable bonds is 15. The van der Waals surface area contributed by atoms with E-state index in [0.717, 1.165) is 18.2 Å². The second-order valence-electron chi connectivity index (χ2n) is 23.3. The SMILES string of the molecule is C=CC(=O)N1CC[C@@H](n2nc(-c3ccc(Oc4c(F)cccc4F)nc3F)c3c(N)ncnc32)C1.C=CC(=O)N1CC[C@@H](n2nc(-c3ccc(Oc4cccc(F)c4F)nc3F)c3c(N)ncnc32)C1.C=CC(=O)N1CC[C@@H](n2nc(-c3ccc(Oc4ccccc4F)nc3F)c3c(N)ncnc32)C1. The lowest BCUT2D eigenvalue weighted by molar-refractivity contribution is -0.125. The van der Waals surface area contributed by atoms with E-state index in [1.54, 1.807) is 34.8 Å². The molecule has 0 spiro atoms. The summed E-state index contributed by atoms with van der Waals surface area (Å²) in [6, 6.07) is 19.8. The Balaban J connectivity index is 0.000000139. The van der Waals surface area contributed by atoms with Crippen molar-refractivity contribution in [1.29, 1.82) is 0 Å². The zero-order valence-electron chi connectivity index (χ0n) is 54.2. The lowest BCUT2D eigenvalue weighted by Gasteiger charge is -2.14. The van der Waals surface area contributed by atoms with Crippen LogP contribution in [-0.2, 0) is 14.4 Å². The van der Waals surface area contributed by atoms with Crippen LogP contribution >= 0.6 is 0 Å². The molecule has 3 aromatic carbocycles. The molecule has 3 aliphatic heterocycles. The topological polar surface area (TPSA) is 336 Å². The summed E-state index contributed by atoms with van der Waals surface area (Å²) in [7, 11) is 0. The van der Waals surface area contributed by atoms with Gasteiger partial charge in [0.05, 0.1) is 51.0 Å². The van der Waals surface area contributed by atoms with Crippen molar-refractivity contribution in [2.75, 3.05) is 56.5 Å². The number of fused-ring (bicyclic) bond motifs is 3. The average Bonchev–Trinajstić information content (AvgIpc) is 1.61. The molecule has 0 bridgehead atoms. The average molecular weight is 1430 g/mol. The van der Waals surface area contributed by atoms with Crippen LogP contribution in [0.2, 0.25) is 0 Å². The van der Waals surface area contributed by atoms with Gasteiger partial charge in [0.15, 0.2) is 51.7 Å². The van der Waals surface area contributed by atoms with Crippen molar-refractivity contribution < 1.29 is 63.7 Å². The maximum Gasteiger partial charge on any atom is 0.246 e. The van der Waals surface area contributed by atoms with Gasteiger partial charge in [-0.2, -0.15) is 47.8 Å². The van der Waals surface area contributed by atoms with E-state index in [2.05, 4.69) is 79.9 Å². The van der Waals surface area contributed by atoms with Crippen LogP contribution in [0.3, 0.4) is 0 Å². The van der Waals surface area contributed by atoms with Gasteiger partial charge in [-0.1, -0.05) is 44.0 Å². The third-order valence-corrected chi connectivity index (χ3v) is 17.1. The van der Waals surface area contributed by atoms with Gasteiger partial charge in [0.2, 0.25) is 64.8 Å². The number of benzene rings is 3. The van der Waals surface area contributed by atoms with Crippen molar-refractivity contribution in [2.45, 2.75) is 37.4 Å². The summed E-state index contributed by atoms with van der Waals surface area (Å²) in [5.74, 6) is -9.86. The molecule has 3 aliphatic rings. The molecular weight excluding hydrogens is 1370 g/mol. The number of anilines is 3. The second-order valence-corrected chi connectivity index (χ2v) is 23.3. The van der Waals surface area contributed by atoms with Gasteiger partial charge in [-0.15, -0.1) is 0 Å². The molecule has 12 heterocycles. The molecule has 35 heteroatoms. The Labute approximate surface area is 582 Å². The first-order valence-corrected chi connectivity index (χ1v) is 31.6. The highest BCUT2D eigenvalue weighted by Crippen LogP contribution is 2.41. The largest absolute Gasteiger partial charge is 0.436 e. The molecule has 27 nitrogen and oxygen atoms in total. The molecule has 12 aromatic rings. The fourth-order valence-corrected chi connectivity index (χ4v) is 12.1. The minimum Gasteiger partial charge on any atom is -0.436 e. The Morgan fingerprint density at radius 2 is 0.750 bits per heavy atom. The smallest absolute Gasteiger partial charge is 0.246 e. The third-order valence-electron chi connectivity index (χ3n) is 17.1. The van der Waals surface area contributed by atoms with Crippen LogP contribution in [0.25, 0.3) is 66.9 Å². The molecular formula is C69H55F8N21O6. The number of likely N-dealkylation sites (tertiary alicyclic amines) is 3. The predicted octanol–water partition coefficient (Wildman–Crippen LogP) is 10.8. The lowest BCUT2D eigenvalue weighted by Crippen LogP contribution is -2.27. The van der Waals surface area contributed by atoms with Crippen molar-refractivity contribution in [3.63, 3.8) is 0 Å². The molecule has 528 valence electrons. The number of hydrogen-bond acceptors (Lipinski definition) is 21. The fourth-order valence-electron chi connectivity index (χ4n) is 12.1. The van der Waals surface area contributed by atoms with Crippen molar-refractivity contribution in [2.24, 2.45) is 0 Å². The van der Waals surface area contributed by atoms with Crippen molar-refractivity contribution in [3.05, 3.63) is 201 Å². The Hall–Kier alpha value is -13.4. The van der Waals surface area contributed by atoms with Crippen LogP contribution in [0, 0.1) is 46.9 Å². The van der Waals surface area contributed by atoms with Gasteiger partial charge in [0.1, 0.15) is 53.5 Å². The van der Waals surface area contributed by atoms with Crippen LogP contribution in [0.15, 0.2) is 154 Å². The molecule has 104 heavy (non-hydrogen) atoms. The summed E-state index contributed by atoms with van der Waals surface area (Å²) in [6.45, 7) is 13.2. The van der Waals surface area contributed by atoms with E-state index in [4.69, 9.17) is 31.4 Å². The summed E-state index contributed by atoms with van der Waals surface area (Å²) in [5.41, 5.74) is 20.0. The summed E-state index contributed by atoms with van der Waals surface area (Å²) in [4.78, 5) is 77.1. The van der Waals surface area contributed by atoms with Crippen LogP contribution in [-0.4, -0.2) is 146 Å². The summed E-state index contributed by atoms with van der Waals surface area (Å²) >= 11 is 0. The van der Waals surface area contributed by atoms with E-state index < -0.39 is 58.4 Å². The first-order chi connectivity index (χ1) is 50.2. The molecule has 3 atom stereocenters. The maximum atomic E-state index is 15.1. The number of halogens is 8. The number of ether oxygens (including phenoxy) is 3. The van der Waals surface area contributed by atoms with E-state index in [-0.39, 0.29) is 110 Å². The first-order valence-electron chi connectivity index (χ1n) is 31.6. The summed E-state index contributed by atoms with van der Waals surface area (Å²) in [5, 5.41) is 14.7. The van der Waals surface area contributed by atoms with Crippen molar-refractivity contribution >= 4 is 68.3 Å². The lowest BCUT2D eigenvalue weighted by atomic mass is 10.1. The number of amides is 3. The summed E-state index contributed by atoms with van der Waals surface area (Å²) in [6.07, 6.45) is 9.45. The van der Waals surface area contributed by atoms with Gasteiger partial charge in [0.25, 0.3) is 0 Å². The fraction of sp³-hybridized carbons (Fsp3) is 0.174. The number of para-hydroxylation sites is 2. The quantitative estimate of drug-likeness (QED) is 0.0488. The molecule has 9 aromatic heterocycles. The molecule has 6 N–H and O–H groups in total. The summed E-state index contributed by atoms with van der Waals surface area (Å²) < 4.78 is 135. The van der Waals surface area contributed by atoms with Crippen LogP contribution < -0.4 is 31.4 Å². The molecule has 0 radical (unpaired) electrons. The van der Waals surface area contributed by atoms with Gasteiger partial charge in [0, 0.05) is 57.5 Å². The zero-order valence-corrected chi connectivity index (χ0v) is 54.2. The highest BCUT2D eigenvalue weighted by Gasteiger charge is 2.35. The Morgan fingerprint density at radius 1 is 0.413 bits per heavy atom. The molecule has 0 saturated carbocycles. The second kappa shape index (κ2) is 29.1. The monoisotopic (exact) mass is 1430 g/mol.